The van der Waals surface area contributed by atoms with Crippen LogP contribution < -0.4 is 11.2 Å². The molecule has 1 aliphatic rings. The Hall–Kier alpha value is -2.16. The largest absolute Gasteiger partial charge is 0.331 e. The van der Waals surface area contributed by atoms with Crippen LogP contribution in [0.15, 0.2) is 9.59 Å². The summed E-state index contributed by atoms with van der Waals surface area (Å²) in [6, 6.07) is 1.83. The summed E-state index contributed by atoms with van der Waals surface area (Å²) in [6.07, 6.45) is 1.31. The number of hydrogen-bond donors (Lipinski definition) is 0. The summed E-state index contributed by atoms with van der Waals surface area (Å²) in [5, 5.41) is 8.97. The maximum Gasteiger partial charge on any atom is 0.331 e. The van der Waals surface area contributed by atoms with Gasteiger partial charge in [-0.25, -0.2) is 4.79 Å². The molecule has 0 saturated heterocycles. The van der Waals surface area contributed by atoms with Crippen LogP contribution in [0, 0.1) is 11.3 Å². The van der Waals surface area contributed by atoms with Crippen molar-refractivity contribution in [2.24, 2.45) is 0 Å². The maximum atomic E-state index is 11.9. The van der Waals surface area contributed by atoms with E-state index < -0.39 is 11.2 Å². The summed E-state index contributed by atoms with van der Waals surface area (Å²) in [5.74, 6) is -0.286. The third kappa shape index (κ3) is 1.69. The van der Waals surface area contributed by atoms with Crippen LogP contribution in [-0.4, -0.2) is 14.9 Å². The fourth-order valence-corrected chi connectivity index (χ4v) is 2.11. The van der Waals surface area contributed by atoms with Crippen molar-refractivity contribution in [3.8, 4) is 6.07 Å². The van der Waals surface area contributed by atoms with Crippen molar-refractivity contribution in [2.75, 3.05) is 0 Å². The van der Waals surface area contributed by atoms with Crippen LogP contribution >= 0.6 is 0 Å². The van der Waals surface area contributed by atoms with E-state index >= 15 is 0 Å². The van der Waals surface area contributed by atoms with Crippen molar-refractivity contribution in [2.45, 2.75) is 32.9 Å². The maximum absolute atomic E-state index is 11.9. The summed E-state index contributed by atoms with van der Waals surface area (Å²) in [4.78, 5) is 34.9. The molecule has 17 heavy (non-hydrogen) atoms. The fraction of sp³-hybridized carbons (Fsp3) is 0.455. The first kappa shape index (κ1) is 11.3. The van der Waals surface area contributed by atoms with E-state index in [1.165, 1.54) is 11.5 Å². The van der Waals surface area contributed by atoms with E-state index in [-0.39, 0.29) is 17.9 Å². The van der Waals surface area contributed by atoms with Crippen LogP contribution in [0.1, 0.15) is 24.6 Å². The molecule has 1 aliphatic heterocycles. The molecule has 0 atom stereocenters. The van der Waals surface area contributed by atoms with Crippen molar-refractivity contribution in [1.29, 1.82) is 5.26 Å². The SMILES string of the molecule is CC(=O)Cn1c(=O)c(C#N)c2n(c1=O)CCC2. The third-order valence-electron chi connectivity index (χ3n) is 2.82. The Kier molecular flexibility index (Phi) is 2.68. The molecular formula is C11H11N3O3. The number of ketones is 1. The lowest BCUT2D eigenvalue weighted by atomic mass is 10.2. The molecule has 1 aromatic heterocycles. The first-order valence-corrected chi connectivity index (χ1v) is 5.32. The monoisotopic (exact) mass is 233 g/mol. The van der Waals surface area contributed by atoms with Crippen molar-refractivity contribution < 1.29 is 4.79 Å². The minimum Gasteiger partial charge on any atom is -0.298 e. The molecule has 6 heteroatoms. The highest BCUT2D eigenvalue weighted by Gasteiger charge is 2.22. The van der Waals surface area contributed by atoms with Crippen LogP contribution in [0.25, 0.3) is 0 Å². The second kappa shape index (κ2) is 4.01. The van der Waals surface area contributed by atoms with Crippen LogP contribution in [0.2, 0.25) is 0 Å². The topological polar surface area (TPSA) is 84.9 Å². The molecular weight excluding hydrogens is 222 g/mol. The van der Waals surface area contributed by atoms with E-state index in [1.54, 1.807) is 0 Å². The number of hydrogen-bond acceptors (Lipinski definition) is 4. The Morgan fingerprint density at radius 2 is 2.18 bits per heavy atom. The first-order chi connectivity index (χ1) is 8.06. The second-order valence-corrected chi connectivity index (χ2v) is 4.06. The van der Waals surface area contributed by atoms with Crippen LogP contribution in [0.3, 0.4) is 0 Å². The summed E-state index contributed by atoms with van der Waals surface area (Å²) < 4.78 is 2.26. The Morgan fingerprint density at radius 1 is 1.47 bits per heavy atom. The molecule has 0 N–H and O–H groups in total. The lowest BCUT2D eigenvalue weighted by Crippen LogP contribution is -2.42. The van der Waals surface area contributed by atoms with E-state index in [4.69, 9.17) is 5.26 Å². The van der Waals surface area contributed by atoms with Crippen LogP contribution in [0.4, 0.5) is 0 Å². The van der Waals surface area contributed by atoms with Gasteiger partial charge in [0.15, 0.2) is 0 Å². The van der Waals surface area contributed by atoms with Crippen LogP contribution in [0.5, 0.6) is 0 Å². The van der Waals surface area contributed by atoms with E-state index in [2.05, 4.69) is 0 Å². The molecule has 0 bridgehead atoms. The number of fused-ring (bicyclic) bond motifs is 1. The van der Waals surface area contributed by atoms with Crippen molar-refractivity contribution in [1.82, 2.24) is 9.13 Å². The van der Waals surface area contributed by atoms with Gasteiger partial charge in [-0.05, 0) is 19.8 Å². The van der Waals surface area contributed by atoms with Crippen molar-refractivity contribution in [3.05, 3.63) is 32.1 Å². The van der Waals surface area contributed by atoms with Gasteiger partial charge in [0, 0.05) is 12.2 Å². The molecule has 0 saturated carbocycles. The molecule has 0 aliphatic carbocycles. The summed E-state index contributed by atoms with van der Waals surface area (Å²) in [7, 11) is 0. The van der Waals surface area contributed by atoms with Gasteiger partial charge in [0.1, 0.15) is 17.4 Å². The third-order valence-corrected chi connectivity index (χ3v) is 2.82. The zero-order chi connectivity index (χ0) is 12.6. The van der Waals surface area contributed by atoms with Gasteiger partial charge in [-0.3, -0.25) is 18.7 Å². The van der Waals surface area contributed by atoms with Crippen molar-refractivity contribution in [3.63, 3.8) is 0 Å². The lowest BCUT2D eigenvalue weighted by molar-refractivity contribution is -0.117. The van der Waals surface area contributed by atoms with E-state index in [9.17, 15) is 14.4 Å². The fourth-order valence-electron chi connectivity index (χ4n) is 2.11. The first-order valence-electron chi connectivity index (χ1n) is 5.32. The molecule has 88 valence electrons. The van der Waals surface area contributed by atoms with Gasteiger partial charge in [0.25, 0.3) is 5.56 Å². The molecule has 0 spiro atoms. The van der Waals surface area contributed by atoms with Gasteiger partial charge in [-0.2, -0.15) is 5.26 Å². The van der Waals surface area contributed by atoms with Gasteiger partial charge < -0.3 is 0 Å². The summed E-state index contributed by atoms with van der Waals surface area (Å²) in [5.41, 5.74) is -0.650. The normalized spacial score (nSPS) is 13.2. The molecule has 0 unspecified atom stereocenters. The summed E-state index contributed by atoms with van der Waals surface area (Å²) >= 11 is 0. The zero-order valence-corrected chi connectivity index (χ0v) is 9.39. The zero-order valence-electron chi connectivity index (χ0n) is 9.39. The van der Waals surface area contributed by atoms with Crippen LogP contribution in [-0.2, 0) is 24.3 Å². The summed E-state index contributed by atoms with van der Waals surface area (Å²) in [6.45, 7) is 1.53. The Morgan fingerprint density at radius 3 is 2.76 bits per heavy atom. The lowest BCUT2D eigenvalue weighted by Gasteiger charge is -2.09. The minimum atomic E-state index is -0.652. The number of nitrogens with zero attached hydrogens (tertiary/aromatic N) is 3. The number of carbonyl (C=O) groups excluding carboxylic acids is 1. The average Bonchev–Trinajstić information content (AvgIpc) is 2.73. The van der Waals surface area contributed by atoms with Crippen molar-refractivity contribution >= 4 is 5.78 Å². The van der Waals surface area contributed by atoms with Gasteiger partial charge in [-0.15, -0.1) is 0 Å². The van der Waals surface area contributed by atoms with Gasteiger partial charge in [-0.1, -0.05) is 0 Å². The van der Waals surface area contributed by atoms with Gasteiger partial charge >= 0.3 is 5.69 Å². The van der Waals surface area contributed by atoms with E-state index in [0.717, 1.165) is 11.0 Å². The smallest absolute Gasteiger partial charge is 0.298 e. The average molecular weight is 233 g/mol. The number of Topliss-reactive ketones (excluding diaryl/α,β-unsaturated/α-hetero) is 1. The van der Waals surface area contributed by atoms with E-state index in [0.29, 0.717) is 18.7 Å². The van der Waals surface area contributed by atoms with Gasteiger partial charge in [0.2, 0.25) is 0 Å². The van der Waals surface area contributed by atoms with Gasteiger partial charge in [0.05, 0.1) is 6.54 Å². The second-order valence-electron chi connectivity index (χ2n) is 4.06. The number of carbonyl (C=O) groups is 1. The molecule has 1 aromatic rings. The molecule has 6 nitrogen and oxygen atoms in total. The number of nitriles is 1. The Bertz CT molecular complexity index is 646. The molecule has 2 rings (SSSR count). The molecule has 0 amide bonds. The van der Waals surface area contributed by atoms with E-state index in [1.807, 2.05) is 6.07 Å². The Balaban J connectivity index is 2.79. The molecule has 0 aromatic carbocycles. The highest BCUT2D eigenvalue weighted by molar-refractivity contribution is 5.75. The standard InChI is InChI=1S/C11H11N3O3/c1-7(15)6-14-10(16)8(5-12)9-3-2-4-13(9)11(14)17/h2-4,6H2,1H3. The number of aromatic nitrogens is 2. The highest BCUT2D eigenvalue weighted by atomic mass is 16.2. The molecule has 0 radical (unpaired) electrons. The highest BCUT2D eigenvalue weighted by Crippen LogP contribution is 2.12. The molecule has 0 fully saturated rings. The molecule has 2 heterocycles. The minimum absolute atomic E-state index is 0.0108. The quantitative estimate of drug-likeness (QED) is 0.683. The number of rotatable bonds is 2. The predicted octanol–water partition coefficient (Wildman–Crippen LogP) is -0.583. The predicted molar refractivity (Wildman–Crippen MR) is 58.7 cm³/mol. The Labute approximate surface area is 96.7 Å².